The van der Waals surface area contributed by atoms with Gasteiger partial charge in [-0.2, -0.15) is 0 Å². The molecule has 0 saturated carbocycles. The van der Waals surface area contributed by atoms with E-state index in [0.717, 1.165) is 11.4 Å². The van der Waals surface area contributed by atoms with E-state index in [-0.39, 0.29) is 18.0 Å². The molecule has 2 aromatic rings. The highest BCUT2D eigenvalue weighted by Crippen LogP contribution is 2.38. The van der Waals surface area contributed by atoms with Gasteiger partial charge in [0.05, 0.1) is 16.6 Å². The Labute approximate surface area is 140 Å². The number of aryl methyl sites for hydroxylation is 1. The molecular formula is C14H12N4O5S. The van der Waals surface area contributed by atoms with Gasteiger partial charge in [0, 0.05) is 6.08 Å². The number of carbonyl (C=O) groups excluding carboxylic acids is 1. The lowest BCUT2D eigenvalue weighted by Gasteiger charge is -2.01. The summed E-state index contributed by atoms with van der Waals surface area (Å²) >= 11 is 1.27. The molecule has 1 aliphatic heterocycles. The number of hydrogen-bond donors (Lipinski definition) is 1. The van der Waals surface area contributed by atoms with Crippen LogP contribution >= 0.6 is 11.3 Å². The number of nitrogens with zero attached hydrogens (tertiary/aromatic N) is 3. The van der Waals surface area contributed by atoms with E-state index >= 15 is 0 Å². The van der Waals surface area contributed by atoms with Crippen LogP contribution in [0.1, 0.15) is 17.5 Å². The maximum absolute atomic E-state index is 11.9. The molecule has 2 heterocycles. The molecule has 0 aliphatic carbocycles. The maximum atomic E-state index is 11.9. The Balaban J connectivity index is 1.78. The van der Waals surface area contributed by atoms with Crippen molar-refractivity contribution in [1.29, 1.82) is 0 Å². The van der Waals surface area contributed by atoms with E-state index in [2.05, 4.69) is 15.5 Å². The SMILES string of the molecule is CCc1nnc(NC(=O)/C=C/c2cc3c(cc2[N+](=O)[O-])OCO3)s1. The third-order valence-electron chi connectivity index (χ3n) is 3.13. The molecule has 3 rings (SSSR count). The van der Waals surface area contributed by atoms with Gasteiger partial charge in [-0.3, -0.25) is 20.2 Å². The molecular weight excluding hydrogens is 336 g/mol. The second-order valence-corrected chi connectivity index (χ2v) is 5.76. The minimum atomic E-state index is -0.544. The molecule has 0 radical (unpaired) electrons. The predicted molar refractivity (Wildman–Crippen MR) is 86.2 cm³/mol. The first kappa shape index (κ1) is 15.9. The molecule has 0 saturated heterocycles. The summed E-state index contributed by atoms with van der Waals surface area (Å²) in [6.45, 7) is 1.95. The Kier molecular flexibility index (Phi) is 4.38. The van der Waals surface area contributed by atoms with E-state index in [9.17, 15) is 14.9 Å². The van der Waals surface area contributed by atoms with Gasteiger partial charge in [0.15, 0.2) is 11.5 Å². The summed E-state index contributed by atoms with van der Waals surface area (Å²) in [5, 5.41) is 22.6. The number of rotatable bonds is 5. The quantitative estimate of drug-likeness (QED) is 0.501. The van der Waals surface area contributed by atoms with Crippen molar-refractivity contribution in [3.05, 3.63) is 38.9 Å². The highest BCUT2D eigenvalue weighted by molar-refractivity contribution is 7.15. The van der Waals surface area contributed by atoms with Gasteiger partial charge in [-0.05, 0) is 18.6 Å². The van der Waals surface area contributed by atoms with Gasteiger partial charge < -0.3 is 9.47 Å². The van der Waals surface area contributed by atoms with Crippen molar-refractivity contribution in [3.63, 3.8) is 0 Å². The number of nitrogens with one attached hydrogen (secondary N) is 1. The first-order valence-corrected chi connectivity index (χ1v) is 7.78. The van der Waals surface area contributed by atoms with Gasteiger partial charge in [-0.25, -0.2) is 0 Å². The highest BCUT2D eigenvalue weighted by Gasteiger charge is 2.22. The Bertz CT molecular complexity index is 833. The molecule has 1 amide bonds. The van der Waals surface area contributed by atoms with Gasteiger partial charge in [0.25, 0.3) is 5.69 Å². The van der Waals surface area contributed by atoms with Crippen molar-refractivity contribution in [2.24, 2.45) is 0 Å². The smallest absolute Gasteiger partial charge is 0.280 e. The van der Waals surface area contributed by atoms with Crippen LogP contribution in [0.25, 0.3) is 6.08 Å². The number of carbonyl (C=O) groups is 1. The summed E-state index contributed by atoms with van der Waals surface area (Å²) in [5.74, 6) is 0.252. The van der Waals surface area contributed by atoms with E-state index in [1.807, 2.05) is 6.92 Å². The van der Waals surface area contributed by atoms with Crippen molar-refractivity contribution in [1.82, 2.24) is 10.2 Å². The zero-order valence-corrected chi connectivity index (χ0v) is 13.3. The lowest BCUT2D eigenvalue weighted by molar-refractivity contribution is -0.385. The Morgan fingerprint density at radius 3 is 2.83 bits per heavy atom. The standard InChI is InChI=1S/C14H12N4O5S/c1-2-13-16-17-14(24-13)15-12(19)4-3-8-5-10-11(23-7-22-10)6-9(8)18(20)21/h3-6H,2,7H2,1H3,(H,15,17,19)/b4-3+. The summed E-state index contributed by atoms with van der Waals surface area (Å²) in [6.07, 6.45) is 3.27. The molecule has 124 valence electrons. The normalized spacial score (nSPS) is 12.5. The van der Waals surface area contributed by atoms with Gasteiger partial charge in [0.1, 0.15) is 5.01 Å². The fraction of sp³-hybridized carbons (Fsp3) is 0.214. The van der Waals surface area contributed by atoms with Crippen LogP contribution in [0, 0.1) is 10.1 Å². The number of amides is 1. The van der Waals surface area contributed by atoms with E-state index in [4.69, 9.17) is 9.47 Å². The van der Waals surface area contributed by atoms with Crippen molar-refractivity contribution in [3.8, 4) is 11.5 Å². The molecule has 24 heavy (non-hydrogen) atoms. The van der Waals surface area contributed by atoms with E-state index in [1.54, 1.807) is 0 Å². The van der Waals surface area contributed by atoms with Gasteiger partial charge in [-0.15, -0.1) is 10.2 Å². The van der Waals surface area contributed by atoms with Crippen LogP contribution < -0.4 is 14.8 Å². The molecule has 1 N–H and O–H groups in total. The molecule has 0 bridgehead atoms. The zero-order chi connectivity index (χ0) is 17.1. The van der Waals surface area contributed by atoms with Gasteiger partial charge in [-0.1, -0.05) is 18.3 Å². The number of nitro benzene ring substituents is 1. The second kappa shape index (κ2) is 6.62. The van der Waals surface area contributed by atoms with Gasteiger partial charge >= 0.3 is 0 Å². The van der Waals surface area contributed by atoms with Crippen molar-refractivity contribution < 1.29 is 19.2 Å². The van der Waals surface area contributed by atoms with Crippen LogP contribution in [-0.2, 0) is 11.2 Å². The number of benzene rings is 1. The van der Waals surface area contributed by atoms with Crippen molar-refractivity contribution in [2.75, 3.05) is 12.1 Å². The molecule has 1 aromatic heterocycles. The van der Waals surface area contributed by atoms with Crippen LogP contribution in [0.15, 0.2) is 18.2 Å². The summed E-state index contributed by atoms with van der Waals surface area (Å²) in [7, 11) is 0. The van der Waals surface area contributed by atoms with E-state index < -0.39 is 10.8 Å². The number of hydrogen-bond acceptors (Lipinski definition) is 8. The fourth-order valence-electron chi connectivity index (χ4n) is 2.00. The largest absolute Gasteiger partial charge is 0.454 e. The molecule has 1 aromatic carbocycles. The van der Waals surface area contributed by atoms with Crippen molar-refractivity contribution >= 4 is 34.1 Å². The lowest BCUT2D eigenvalue weighted by atomic mass is 10.1. The average molecular weight is 348 g/mol. The summed E-state index contributed by atoms with van der Waals surface area (Å²) in [6, 6.07) is 2.74. The second-order valence-electron chi connectivity index (χ2n) is 4.70. The van der Waals surface area contributed by atoms with Crippen molar-refractivity contribution in [2.45, 2.75) is 13.3 Å². The minimum Gasteiger partial charge on any atom is -0.454 e. The molecule has 0 fully saturated rings. The molecule has 9 nitrogen and oxygen atoms in total. The maximum Gasteiger partial charge on any atom is 0.280 e. The minimum absolute atomic E-state index is 0.0109. The predicted octanol–water partition coefficient (Wildman–Crippen LogP) is 2.39. The van der Waals surface area contributed by atoms with Crippen LogP contribution in [0.2, 0.25) is 0 Å². The monoisotopic (exact) mass is 348 g/mol. The van der Waals surface area contributed by atoms with E-state index in [0.29, 0.717) is 16.6 Å². The first-order valence-electron chi connectivity index (χ1n) is 6.96. The summed E-state index contributed by atoms with van der Waals surface area (Å²) in [4.78, 5) is 22.5. The lowest BCUT2D eigenvalue weighted by Crippen LogP contribution is -2.07. The highest BCUT2D eigenvalue weighted by atomic mass is 32.1. The molecule has 0 spiro atoms. The first-order chi connectivity index (χ1) is 11.6. The zero-order valence-electron chi connectivity index (χ0n) is 12.5. The fourth-order valence-corrected chi connectivity index (χ4v) is 2.68. The number of ether oxygens (including phenoxy) is 2. The number of anilines is 1. The summed E-state index contributed by atoms with van der Waals surface area (Å²) < 4.78 is 10.3. The Morgan fingerprint density at radius 1 is 1.42 bits per heavy atom. The molecule has 0 atom stereocenters. The molecule has 10 heteroatoms. The van der Waals surface area contributed by atoms with E-state index in [1.165, 1.54) is 35.6 Å². The van der Waals surface area contributed by atoms with Gasteiger partial charge in [0.2, 0.25) is 17.8 Å². The molecule has 0 unspecified atom stereocenters. The number of fused-ring (bicyclic) bond motifs is 1. The number of nitro groups is 1. The molecule has 1 aliphatic rings. The number of aromatic nitrogens is 2. The van der Waals surface area contributed by atoms with Crippen LogP contribution in [-0.4, -0.2) is 27.8 Å². The third-order valence-corrected chi connectivity index (χ3v) is 4.12. The Morgan fingerprint density at radius 2 is 2.17 bits per heavy atom. The van der Waals surface area contributed by atoms with Crippen LogP contribution in [0.5, 0.6) is 11.5 Å². The van der Waals surface area contributed by atoms with Crippen LogP contribution in [0.4, 0.5) is 10.8 Å². The Hall–Kier alpha value is -3.01. The summed E-state index contributed by atoms with van der Waals surface area (Å²) in [5.41, 5.74) is 0.0680. The van der Waals surface area contributed by atoms with Crippen LogP contribution in [0.3, 0.4) is 0 Å². The third kappa shape index (κ3) is 3.33. The average Bonchev–Trinajstić information content (AvgIpc) is 3.20. The topological polar surface area (TPSA) is 116 Å².